The molecule has 2 rings (SSSR count). The van der Waals surface area contributed by atoms with Crippen molar-refractivity contribution in [2.24, 2.45) is 17.1 Å². The molecule has 3 atom stereocenters. The Balaban J connectivity index is 2.29. The van der Waals surface area contributed by atoms with Crippen LogP contribution >= 0.6 is 11.6 Å². The maximum Gasteiger partial charge on any atom is 0.142 e. The summed E-state index contributed by atoms with van der Waals surface area (Å²) in [6.45, 7) is 2.60. The summed E-state index contributed by atoms with van der Waals surface area (Å²) < 4.78 is 13.5. The molecule has 1 fully saturated rings. The molecule has 3 unspecified atom stereocenters. The normalized spacial score (nSPS) is 29.2. The van der Waals surface area contributed by atoms with E-state index < -0.39 is 11.9 Å². The predicted molar refractivity (Wildman–Crippen MR) is 75.5 cm³/mol. The van der Waals surface area contributed by atoms with Gasteiger partial charge in [-0.3, -0.25) is 0 Å². The van der Waals surface area contributed by atoms with E-state index in [9.17, 15) is 9.50 Å². The van der Waals surface area contributed by atoms with Crippen molar-refractivity contribution >= 4 is 11.6 Å². The Morgan fingerprint density at radius 3 is 2.89 bits per heavy atom. The second-order valence-electron chi connectivity index (χ2n) is 5.84. The van der Waals surface area contributed by atoms with Crippen LogP contribution in [0.2, 0.25) is 5.02 Å². The van der Waals surface area contributed by atoms with Gasteiger partial charge in [0.15, 0.2) is 0 Å². The van der Waals surface area contributed by atoms with Crippen LogP contribution in [0.25, 0.3) is 0 Å². The van der Waals surface area contributed by atoms with E-state index in [1.807, 2.05) is 0 Å². The summed E-state index contributed by atoms with van der Waals surface area (Å²) in [6.07, 6.45) is 3.27. The molecule has 3 N–H and O–H groups in total. The van der Waals surface area contributed by atoms with Crippen molar-refractivity contribution in [3.63, 3.8) is 0 Å². The Bertz CT molecular complexity index is 454. The first kappa shape index (κ1) is 14.8. The molecule has 1 aromatic rings. The number of benzene rings is 1. The largest absolute Gasteiger partial charge is 0.388 e. The average molecular weight is 286 g/mol. The predicted octanol–water partition coefficient (Wildman–Crippen LogP) is 3.67. The minimum atomic E-state index is -0.730. The van der Waals surface area contributed by atoms with Crippen molar-refractivity contribution in [2.75, 3.05) is 6.54 Å². The number of aliphatic hydroxyl groups excluding tert-OH is 1. The lowest BCUT2D eigenvalue weighted by molar-refractivity contribution is -0.0132. The van der Waals surface area contributed by atoms with E-state index in [0.717, 1.165) is 19.3 Å². The van der Waals surface area contributed by atoms with Crippen LogP contribution in [-0.2, 0) is 0 Å². The van der Waals surface area contributed by atoms with E-state index in [4.69, 9.17) is 17.3 Å². The molecule has 1 aromatic carbocycles. The van der Waals surface area contributed by atoms with Crippen LogP contribution in [0.3, 0.4) is 0 Å². The molecule has 1 aliphatic carbocycles. The number of halogens is 2. The summed E-state index contributed by atoms with van der Waals surface area (Å²) in [7, 11) is 0. The van der Waals surface area contributed by atoms with E-state index in [0.29, 0.717) is 18.0 Å². The van der Waals surface area contributed by atoms with Crippen molar-refractivity contribution in [2.45, 2.75) is 38.7 Å². The van der Waals surface area contributed by atoms with Gasteiger partial charge >= 0.3 is 0 Å². The zero-order valence-electron chi connectivity index (χ0n) is 11.2. The van der Waals surface area contributed by atoms with Crippen molar-refractivity contribution in [1.29, 1.82) is 0 Å². The van der Waals surface area contributed by atoms with Gasteiger partial charge in [0, 0.05) is 12.0 Å². The standard InChI is InChI=1S/C15H21ClFNO/c1-10-3-2-6-15(8-10,9-18)14(19)11-4-5-12(16)13(17)7-11/h4-5,7,10,14,19H,2-3,6,8-9,18H2,1H3. The monoisotopic (exact) mass is 285 g/mol. The van der Waals surface area contributed by atoms with Gasteiger partial charge in [-0.1, -0.05) is 37.4 Å². The SMILES string of the molecule is CC1CCCC(CN)(C(O)c2ccc(Cl)c(F)c2)C1. The van der Waals surface area contributed by atoms with Crippen molar-refractivity contribution < 1.29 is 9.50 Å². The Kier molecular flexibility index (Phi) is 4.49. The number of aliphatic hydroxyl groups is 1. The number of hydrogen-bond donors (Lipinski definition) is 2. The third kappa shape index (κ3) is 2.93. The van der Waals surface area contributed by atoms with Crippen LogP contribution in [0.4, 0.5) is 4.39 Å². The molecule has 2 nitrogen and oxygen atoms in total. The minimum absolute atomic E-state index is 0.0785. The smallest absolute Gasteiger partial charge is 0.142 e. The third-order valence-electron chi connectivity index (χ3n) is 4.37. The van der Waals surface area contributed by atoms with Crippen LogP contribution in [-0.4, -0.2) is 11.7 Å². The number of hydrogen-bond acceptors (Lipinski definition) is 2. The van der Waals surface area contributed by atoms with Crippen LogP contribution in [0, 0.1) is 17.2 Å². The number of rotatable bonds is 3. The first-order chi connectivity index (χ1) is 8.98. The molecule has 0 aromatic heterocycles. The molecule has 0 bridgehead atoms. The van der Waals surface area contributed by atoms with Gasteiger partial charge in [0.1, 0.15) is 5.82 Å². The average Bonchev–Trinajstić information content (AvgIpc) is 2.41. The van der Waals surface area contributed by atoms with Gasteiger partial charge in [-0.2, -0.15) is 0 Å². The first-order valence-corrected chi connectivity index (χ1v) is 7.19. The van der Waals surface area contributed by atoms with E-state index in [2.05, 4.69) is 6.92 Å². The minimum Gasteiger partial charge on any atom is -0.388 e. The molecule has 0 saturated heterocycles. The summed E-state index contributed by atoms with van der Waals surface area (Å²) in [4.78, 5) is 0. The van der Waals surface area contributed by atoms with Crippen LogP contribution in [0.5, 0.6) is 0 Å². The maximum atomic E-state index is 13.5. The molecule has 0 amide bonds. The van der Waals surface area contributed by atoms with Crippen molar-refractivity contribution in [1.82, 2.24) is 0 Å². The molecule has 19 heavy (non-hydrogen) atoms. The van der Waals surface area contributed by atoms with E-state index in [1.54, 1.807) is 6.07 Å². The Morgan fingerprint density at radius 2 is 2.32 bits per heavy atom. The molecular weight excluding hydrogens is 265 g/mol. The van der Waals surface area contributed by atoms with Crippen LogP contribution in [0.15, 0.2) is 18.2 Å². The highest BCUT2D eigenvalue weighted by Gasteiger charge is 2.40. The molecule has 4 heteroatoms. The van der Waals surface area contributed by atoms with Gasteiger partial charge in [-0.05, 0) is 36.5 Å². The van der Waals surface area contributed by atoms with Crippen molar-refractivity contribution in [3.05, 3.63) is 34.6 Å². The molecule has 0 radical (unpaired) electrons. The summed E-state index contributed by atoms with van der Waals surface area (Å²) >= 11 is 5.68. The molecule has 106 valence electrons. The molecular formula is C15H21ClFNO. The Labute approximate surface area is 118 Å². The molecule has 0 heterocycles. The topological polar surface area (TPSA) is 46.2 Å². The Hall–Kier alpha value is -0.640. The molecule has 1 saturated carbocycles. The second-order valence-corrected chi connectivity index (χ2v) is 6.25. The van der Waals surface area contributed by atoms with Crippen LogP contribution < -0.4 is 5.73 Å². The van der Waals surface area contributed by atoms with Gasteiger partial charge in [0.2, 0.25) is 0 Å². The third-order valence-corrected chi connectivity index (χ3v) is 4.68. The van der Waals surface area contributed by atoms with Gasteiger partial charge in [0.25, 0.3) is 0 Å². The van der Waals surface area contributed by atoms with Crippen molar-refractivity contribution in [3.8, 4) is 0 Å². The fourth-order valence-electron chi connectivity index (χ4n) is 3.28. The fourth-order valence-corrected chi connectivity index (χ4v) is 3.40. The van der Waals surface area contributed by atoms with Gasteiger partial charge < -0.3 is 10.8 Å². The second kappa shape index (κ2) is 5.78. The van der Waals surface area contributed by atoms with E-state index in [-0.39, 0.29) is 10.4 Å². The Morgan fingerprint density at radius 1 is 1.58 bits per heavy atom. The summed E-state index contributed by atoms with van der Waals surface area (Å²) in [5.41, 5.74) is 6.16. The maximum absolute atomic E-state index is 13.5. The van der Waals surface area contributed by atoms with E-state index in [1.165, 1.54) is 18.6 Å². The molecule has 1 aliphatic rings. The molecule has 0 aliphatic heterocycles. The lowest BCUT2D eigenvalue weighted by Gasteiger charge is -2.43. The number of nitrogens with two attached hydrogens (primary N) is 1. The van der Waals surface area contributed by atoms with Gasteiger partial charge in [-0.15, -0.1) is 0 Å². The fraction of sp³-hybridized carbons (Fsp3) is 0.600. The first-order valence-electron chi connectivity index (χ1n) is 6.81. The summed E-state index contributed by atoms with van der Waals surface area (Å²) in [6, 6.07) is 4.50. The zero-order chi connectivity index (χ0) is 14.0. The van der Waals surface area contributed by atoms with Gasteiger partial charge in [-0.25, -0.2) is 4.39 Å². The quantitative estimate of drug-likeness (QED) is 0.890. The van der Waals surface area contributed by atoms with Gasteiger partial charge in [0.05, 0.1) is 11.1 Å². The summed E-state index contributed by atoms with van der Waals surface area (Å²) in [5, 5.41) is 10.7. The lowest BCUT2D eigenvalue weighted by Crippen LogP contribution is -2.40. The highest BCUT2D eigenvalue weighted by Crippen LogP contribution is 2.47. The van der Waals surface area contributed by atoms with E-state index >= 15 is 0 Å². The lowest BCUT2D eigenvalue weighted by atomic mass is 9.65. The summed E-state index contributed by atoms with van der Waals surface area (Å²) in [5.74, 6) is 0.0540. The zero-order valence-corrected chi connectivity index (χ0v) is 12.0. The highest BCUT2D eigenvalue weighted by atomic mass is 35.5. The van der Waals surface area contributed by atoms with Crippen LogP contribution in [0.1, 0.15) is 44.3 Å². The highest BCUT2D eigenvalue weighted by molar-refractivity contribution is 6.30. The molecule has 0 spiro atoms.